The van der Waals surface area contributed by atoms with Crippen molar-refractivity contribution in [3.63, 3.8) is 0 Å². The standard InChI is InChI=1S/C43H63N3O4/c1-4-6-8-10-12-17-29-46(30-18-13-11-9-7-5-2)32-40-34(3)41(37-23-21-36(33-47)22-24-37)50-42(49-40)38-25-27-39(28-26-38)45-43(48)44-31-35-19-15-14-16-20-35/h14-16,19-28,34,40-42,47H,4-13,17-18,29-33H2,1-3H3,(H2,44,45,48). The molecule has 1 saturated heterocycles. The molecule has 1 heterocycles. The van der Waals surface area contributed by atoms with Crippen LogP contribution in [0.3, 0.4) is 0 Å². The number of amides is 2. The lowest BCUT2D eigenvalue weighted by atomic mass is 9.90. The summed E-state index contributed by atoms with van der Waals surface area (Å²) in [5, 5.41) is 15.5. The van der Waals surface area contributed by atoms with Gasteiger partial charge in [-0.05, 0) is 54.8 Å². The van der Waals surface area contributed by atoms with Gasteiger partial charge >= 0.3 is 6.03 Å². The molecule has 1 fully saturated rings. The number of benzene rings is 3. The Kier molecular flexibility index (Phi) is 17.8. The van der Waals surface area contributed by atoms with Gasteiger partial charge in [0.1, 0.15) is 0 Å². The van der Waals surface area contributed by atoms with Gasteiger partial charge < -0.3 is 30.1 Å². The zero-order valence-electron chi connectivity index (χ0n) is 31.0. The van der Waals surface area contributed by atoms with Crippen LogP contribution in [0.25, 0.3) is 0 Å². The molecular weight excluding hydrogens is 622 g/mol. The van der Waals surface area contributed by atoms with Gasteiger partial charge in [-0.1, -0.05) is 152 Å². The number of nitrogens with one attached hydrogen (secondary N) is 2. The van der Waals surface area contributed by atoms with Crippen molar-refractivity contribution >= 4 is 11.7 Å². The van der Waals surface area contributed by atoms with E-state index in [0.29, 0.717) is 12.2 Å². The maximum absolute atomic E-state index is 12.6. The summed E-state index contributed by atoms with van der Waals surface area (Å²) >= 11 is 0. The number of urea groups is 1. The first-order valence-electron chi connectivity index (χ1n) is 19.4. The van der Waals surface area contributed by atoms with Gasteiger partial charge in [-0.15, -0.1) is 0 Å². The molecule has 274 valence electrons. The number of rotatable bonds is 22. The number of anilines is 1. The molecule has 0 aromatic heterocycles. The molecule has 50 heavy (non-hydrogen) atoms. The Balaban J connectivity index is 1.44. The van der Waals surface area contributed by atoms with Crippen LogP contribution in [0, 0.1) is 5.92 Å². The van der Waals surface area contributed by atoms with E-state index in [-0.39, 0.29) is 30.8 Å². The molecule has 4 atom stereocenters. The zero-order chi connectivity index (χ0) is 35.4. The molecule has 3 aromatic rings. The summed E-state index contributed by atoms with van der Waals surface area (Å²) in [6.45, 7) is 10.4. The first-order valence-corrected chi connectivity index (χ1v) is 19.4. The fraction of sp³-hybridized carbons (Fsp3) is 0.558. The molecule has 1 aliphatic heterocycles. The molecule has 0 radical (unpaired) electrons. The summed E-state index contributed by atoms with van der Waals surface area (Å²) in [5.74, 6) is 0.136. The number of hydrogen-bond acceptors (Lipinski definition) is 5. The molecule has 3 N–H and O–H groups in total. The molecule has 4 rings (SSSR count). The fourth-order valence-electron chi connectivity index (χ4n) is 6.79. The van der Waals surface area contributed by atoms with Crippen molar-refractivity contribution in [1.82, 2.24) is 10.2 Å². The van der Waals surface area contributed by atoms with Crippen LogP contribution in [0.15, 0.2) is 78.9 Å². The van der Waals surface area contributed by atoms with Gasteiger partial charge in [0.15, 0.2) is 6.29 Å². The van der Waals surface area contributed by atoms with Gasteiger partial charge in [0.25, 0.3) is 0 Å². The monoisotopic (exact) mass is 685 g/mol. The topological polar surface area (TPSA) is 83.1 Å². The van der Waals surface area contributed by atoms with Crippen LogP contribution in [0.2, 0.25) is 0 Å². The SMILES string of the molecule is CCCCCCCCN(CCCCCCCC)CC1OC(c2ccc(NC(=O)NCc3ccccc3)cc2)OC(c2ccc(CO)cc2)C1C. The highest BCUT2D eigenvalue weighted by Crippen LogP contribution is 2.42. The smallest absolute Gasteiger partial charge is 0.319 e. The third-order valence-corrected chi connectivity index (χ3v) is 9.95. The Bertz CT molecular complexity index is 1320. The highest BCUT2D eigenvalue weighted by molar-refractivity contribution is 5.89. The van der Waals surface area contributed by atoms with Crippen molar-refractivity contribution < 1.29 is 19.4 Å². The molecule has 4 unspecified atom stereocenters. The van der Waals surface area contributed by atoms with E-state index in [4.69, 9.17) is 9.47 Å². The Labute approximate surface area is 302 Å². The number of carbonyl (C=O) groups excluding carboxylic acids is 1. The van der Waals surface area contributed by atoms with Crippen molar-refractivity contribution in [2.45, 2.75) is 129 Å². The van der Waals surface area contributed by atoms with Gasteiger partial charge in [0.05, 0.1) is 18.8 Å². The molecule has 1 aliphatic rings. The second kappa shape index (κ2) is 22.6. The lowest BCUT2D eigenvalue weighted by molar-refractivity contribution is -0.276. The van der Waals surface area contributed by atoms with Crippen LogP contribution in [-0.2, 0) is 22.6 Å². The van der Waals surface area contributed by atoms with Gasteiger partial charge in [-0.3, -0.25) is 0 Å². The third kappa shape index (κ3) is 13.5. The van der Waals surface area contributed by atoms with Crippen LogP contribution < -0.4 is 10.6 Å². The number of nitrogens with zero attached hydrogens (tertiary/aromatic N) is 1. The third-order valence-electron chi connectivity index (χ3n) is 9.95. The van der Waals surface area contributed by atoms with Crippen molar-refractivity contribution in [2.75, 3.05) is 25.0 Å². The average Bonchev–Trinajstić information content (AvgIpc) is 3.15. The predicted octanol–water partition coefficient (Wildman–Crippen LogP) is 10.3. The lowest BCUT2D eigenvalue weighted by Gasteiger charge is -2.43. The second-order valence-electron chi connectivity index (χ2n) is 14.1. The zero-order valence-corrected chi connectivity index (χ0v) is 31.0. The molecule has 0 spiro atoms. The minimum absolute atomic E-state index is 0.0157. The second-order valence-corrected chi connectivity index (χ2v) is 14.1. The van der Waals surface area contributed by atoms with Crippen molar-refractivity contribution in [3.8, 4) is 0 Å². The highest BCUT2D eigenvalue weighted by atomic mass is 16.7. The van der Waals surface area contributed by atoms with E-state index in [9.17, 15) is 9.90 Å². The van der Waals surface area contributed by atoms with E-state index in [1.54, 1.807) is 0 Å². The van der Waals surface area contributed by atoms with E-state index in [1.807, 2.05) is 66.7 Å². The summed E-state index contributed by atoms with van der Waals surface area (Å²) < 4.78 is 13.6. The number of unbranched alkanes of at least 4 members (excludes halogenated alkanes) is 10. The number of aliphatic hydroxyl groups is 1. The largest absolute Gasteiger partial charge is 0.392 e. The molecule has 0 saturated carbocycles. The van der Waals surface area contributed by atoms with Gasteiger partial charge in [-0.25, -0.2) is 4.79 Å². The molecule has 3 aromatic carbocycles. The number of ether oxygens (including phenoxy) is 2. The van der Waals surface area contributed by atoms with Crippen LogP contribution >= 0.6 is 0 Å². The molecular formula is C43H63N3O4. The summed E-state index contributed by atoms with van der Waals surface area (Å²) in [5.41, 5.74) is 4.67. The highest BCUT2D eigenvalue weighted by Gasteiger charge is 2.39. The van der Waals surface area contributed by atoms with Crippen molar-refractivity contribution in [2.24, 2.45) is 5.92 Å². The fourth-order valence-corrected chi connectivity index (χ4v) is 6.79. The van der Waals surface area contributed by atoms with Crippen LogP contribution in [0.5, 0.6) is 0 Å². The van der Waals surface area contributed by atoms with Crippen LogP contribution in [-0.4, -0.2) is 41.8 Å². The van der Waals surface area contributed by atoms with E-state index in [0.717, 1.165) is 41.9 Å². The Morgan fingerprint density at radius 2 is 1.28 bits per heavy atom. The average molecular weight is 686 g/mol. The van der Waals surface area contributed by atoms with Gasteiger partial charge in [-0.2, -0.15) is 0 Å². The summed E-state index contributed by atoms with van der Waals surface area (Å²) in [7, 11) is 0. The maximum Gasteiger partial charge on any atom is 0.319 e. The Hall–Kier alpha value is -3.23. The summed E-state index contributed by atoms with van der Waals surface area (Å²) in [6.07, 6.45) is 14.8. The Morgan fingerprint density at radius 1 is 0.700 bits per heavy atom. The van der Waals surface area contributed by atoms with Gasteiger partial charge in [0.2, 0.25) is 0 Å². The van der Waals surface area contributed by atoms with E-state index in [2.05, 4.69) is 48.4 Å². The van der Waals surface area contributed by atoms with Crippen molar-refractivity contribution in [1.29, 1.82) is 0 Å². The van der Waals surface area contributed by atoms with E-state index >= 15 is 0 Å². The predicted molar refractivity (Wildman–Crippen MR) is 205 cm³/mol. The number of carbonyl (C=O) groups is 1. The van der Waals surface area contributed by atoms with Gasteiger partial charge in [0, 0.05) is 30.3 Å². The molecule has 0 aliphatic carbocycles. The minimum atomic E-state index is -0.537. The van der Waals surface area contributed by atoms with Crippen LogP contribution in [0.1, 0.15) is 132 Å². The number of hydrogen-bond donors (Lipinski definition) is 3. The first-order chi connectivity index (χ1) is 24.5. The lowest BCUT2D eigenvalue weighted by Crippen LogP contribution is -2.45. The number of aliphatic hydroxyl groups excluding tert-OH is 1. The first kappa shape index (κ1) is 39.6. The molecule has 7 nitrogen and oxygen atoms in total. The minimum Gasteiger partial charge on any atom is -0.392 e. The van der Waals surface area contributed by atoms with Crippen molar-refractivity contribution in [3.05, 3.63) is 101 Å². The molecule has 7 heteroatoms. The quantitative estimate of drug-likeness (QED) is 0.0917. The molecule has 2 amide bonds. The summed E-state index contributed by atoms with van der Waals surface area (Å²) in [6, 6.07) is 25.5. The summed E-state index contributed by atoms with van der Waals surface area (Å²) in [4.78, 5) is 15.2. The molecule has 0 bridgehead atoms. The maximum atomic E-state index is 12.6. The van der Waals surface area contributed by atoms with Crippen LogP contribution in [0.4, 0.5) is 10.5 Å². The Morgan fingerprint density at radius 3 is 1.88 bits per heavy atom. The normalized spacial score (nSPS) is 19.1. The van der Waals surface area contributed by atoms with E-state index < -0.39 is 6.29 Å². The van der Waals surface area contributed by atoms with E-state index in [1.165, 1.54) is 77.0 Å².